The SMILES string of the molecule is Cc1ccc(NC(=O)c2c(-n3c(C)cc(/C=C4\C(=O)NC(=O)N(c5cccc(Cl)c5)C4=O)c3C)sc3c2CCCC3)cc1. The van der Waals surface area contributed by atoms with Crippen molar-refractivity contribution in [2.45, 2.75) is 46.5 Å². The van der Waals surface area contributed by atoms with Gasteiger partial charge in [-0.15, -0.1) is 11.3 Å². The van der Waals surface area contributed by atoms with Crippen LogP contribution in [0.5, 0.6) is 0 Å². The van der Waals surface area contributed by atoms with E-state index in [9.17, 15) is 19.2 Å². The zero-order valence-electron chi connectivity index (χ0n) is 23.9. The minimum Gasteiger partial charge on any atom is -0.322 e. The highest BCUT2D eigenvalue weighted by Crippen LogP contribution is 2.39. The van der Waals surface area contributed by atoms with Gasteiger partial charge < -0.3 is 9.88 Å². The van der Waals surface area contributed by atoms with Crippen molar-refractivity contribution in [2.75, 3.05) is 10.2 Å². The van der Waals surface area contributed by atoms with Gasteiger partial charge in [-0.2, -0.15) is 0 Å². The second-order valence-corrected chi connectivity index (χ2v) is 12.3. The number of aromatic nitrogens is 1. The molecule has 5 amide bonds. The van der Waals surface area contributed by atoms with Crippen LogP contribution < -0.4 is 15.5 Å². The van der Waals surface area contributed by atoms with E-state index >= 15 is 0 Å². The summed E-state index contributed by atoms with van der Waals surface area (Å²) in [5.74, 6) is -1.68. The number of aryl methyl sites for hydroxylation is 3. The first-order valence-electron chi connectivity index (χ1n) is 14.0. The molecular formula is C33H29ClN4O4S. The maximum absolute atomic E-state index is 13.8. The molecule has 3 heterocycles. The van der Waals surface area contributed by atoms with Gasteiger partial charge in [-0.25, -0.2) is 9.69 Å². The summed E-state index contributed by atoms with van der Waals surface area (Å²) in [5.41, 5.74) is 5.90. The zero-order chi connectivity index (χ0) is 30.4. The van der Waals surface area contributed by atoms with Crippen LogP contribution in [0.1, 0.15) is 56.2 Å². The summed E-state index contributed by atoms with van der Waals surface area (Å²) in [4.78, 5) is 54.9. The highest BCUT2D eigenvalue weighted by molar-refractivity contribution is 7.15. The number of barbiturate groups is 1. The summed E-state index contributed by atoms with van der Waals surface area (Å²) in [7, 11) is 0. The molecule has 0 atom stereocenters. The summed E-state index contributed by atoms with van der Waals surface area (Å²) in [5, 5.41) is 6.51. The molecule has 0 radical (unpaired) electrons. The Kier molecular flexibility index (Phi) is 7.54. The number of urea groups is 1. The predicted molar refractivity (Wildman–Crippen MR) is 169 cm³/mol. The third-order valence-corrected chi connectivity index (χ3v) is 9.34. The van der Waals surface area contributed by atoms with E-state index in [4.69, 9.17) is 11.6 Å². The maximum Gasteiger partial charge on any atom is 0.335 e. The first-order valence-corrected chi connectivity index (χ1v) is 15.2. The van der Waals surface area contributed by atoms with Gasteiger partial charge in [0.25, 0.3) is 17.7 Å². The van der Waals surface area contributed by atoms with E-state index in [1.165, 1.54) is 17.0 Å². The molecule has 2 aromatic carbocycles. The van der Waals surface area contributed by atoms with Gasteiger partial charge in [0.15, 0.2) is 0 Å². The van der Waals surface area contributed by atoms with Crippen LogP contribution in [-0.2, 0) is 22.4 Å². The molecule has 1 aliphatic heterocycles. The Labute approximate surface area is 258 Å². The molecule has 1 aliphatic carbocycles. The fraction of sp³-hybridized carbons (Fsp3) is 0.212. The van der Waals surface area contributed by atoms with E-state index in [0.29, 0.717) is 16.1 Å². The van der Waals surface area contributed by atoms with Crippen molar-refractivity contribution >= 4 is 64.1 Å². The number of hydrogen-bond acceptors (Lipinski definition) is 5. The molecule has 0 saturated carbocycles. The van der Waals surface area contributed by atoms with E-state index < -0.39 is 17.8 Å². The van der Waals surface area contributed by atoms with Crippen LogP contribution in [0.25, 0.3) is 11.1 Å². The number of halogens is 1. The zero-order valence-corrected chi connectivity index (χ0v) is 25.5. The number of thiophene rings is 1. The molecule has 218 valence electrons. The summed E-state index contributed by atoms with van der Waals surface area (Å²) in [6.45, 7) is 5.82. The van der Waals surface area contributed by atoms with Crippen molar-refractivity contribution in [3.63, 3.8) is 0 Å². The van der Waals surface area contributed by atoms with Crippen LogP contribution in [0.3, 0.4) is 0 Å². The summed E-state index contributed by atoms with van der Waals surface area (Å²) >= 11 is 7.71. The Balaban J connectivity index is 1.41. The van der Waals surface area contributed by atoms with Crippen LogP contribution in [-0.4, -0.2) is 28.3 Å². The van der Waals surface area contributed by atoms with E-state index in [0.717, 1.165) is 63.8 Å². The van der Waals surface area contributed by atoms with E-state index in [1.807, 2.05) is 55.7 Å². The highest BCUT2D eigenvalue weighted by Gasteiger charge is 2.37. The summed E-state index contributed by atoms with van der Waals surface area (Å²) in [6, 6.07) is 15.1. The molecule has 0 bridgehead atoms. The average molecular weight is 613 g/mol. The smallest absolute Gasteiger partial charge is 0.322 e. The van der Waals surface area contributed by atoms with Crippen LogP contribution in [0.4, 0.5) is 16.2 Å². The lowest BCUT2D eigenvalue weighted by atomic mass is 9.95. The molecule has 8 nitrogen and oxygen atoms in total. The molecule has 4 aromatic rings. The Morgan fingerprint density at radius 3 is 2.49 bits per heavy atom. The minimum absolute atomic E-state index is 0.164. The van der Waals surface area contributed by atoms with Crippen molar-refractivity contribution in [3.8, 4) is 5.00 Å². The number of anilines is 2. The molecular weight excluding hydrogens is 584 g/mol. The van der Waals surface area contributed by atoms with Crippen LogP contribution >= 0.6 is 22.9 Å². The lowest BCUT2D eigenvalue weighted by Crippen LogP contribution is -2.54. The lowest BCUT2D eigenvalue weighted by molar-refractivity contribution is -0.122. The third-order valence-electron chi connectivity index (χ3n) is 7.83. The maximum atomic E-state index is 13.8. The monoisotopic (exact) mass is 612 g/mol. The number of nitrogens with one attached hydrogen (secondary N) is 2. The normalized spacial score (nSPS) is 16.0. The second kappa shape index (κ2) is 11.3. The number of carbonyl (C=O) groups is 4. The van der Waals surface area contributed by atoms with Gasteiger partial charge in [0, 0.05) is 27.0 Å². The molecule has 0 unspecified atom stereocenters. The molecule has 6 rings (SSSR count). The number of nitrogens with zero attached hydrogens (tertiary/aromatic N) is 2. The van der Waals surface area contributed by atoms with Gasteiger partial charge in [-0.1, -0.05) is 35.4 Å². The van der Waals surface area contributed by atoms with Crippen molar-refractivity contribution < 1.29 is 19.2 Å². The quantitative estimate of drug-likeness (QED) is 0.189. The molecule has 10 heteroatoms. The number of carbonyl (C=O) groups excluding carboxylic acids is 4. The number of benzene rings is 2. The van der Waals surface area contributed by atoms with Crippen molar-refractivity contribution in [1.29, 1.82) is 0 Å². The van der Waals surface area contributed by atoms with E-state index in [1.54, 1.807) is 29.5 Å². The Bertz CT molecular complexity index is 1850. The first-order chi connectivity index (χ1) is 20.6. The number of amides is 5. The Morgan fingerprint density at radius 2 is 1.74 bits per heavy atom. The number of imide groups is 2. The Hall–Kier alpha value is -4.47. The van der Waals surface area contributed by atoms with Crippen molar-refractivity contribution in [1.82, 2.24) is 9.88 Å². The predicted octanol–water partition coefficient (Wildman–Crippen LogP) is 6.91. The fourth-order valence-corrected chi connectivity index (χ4v) is 7.36. The molecule has 2 aliphatic rings. The van der Waals surface area contributed by atoms with Gasteiger partial charge in [0.05, 0.1) is 11.3 Å². The van der Waals surface area contributed by atoms with E-state index in [2.05, 4.69) is 10.6 Å². The lowest BCUT2D eigenvalue weighted by Gasteiger charge is -2.26. The number of fused-ring (bicyclic) bond motifs is 1. The molecule has 43 heavy (non-hydrogen) atoms. The standard InChI is InChI=1S/C33H29ClN4O4S/c1-18-11-13-23(14-12-18)35-30(40)28-25-9-4-5-10-27(25)43-32(28)37-19(2)15-21(20(37)3)16-26-29(39)36-33(42)38(31(26)41)24-8-6-7-22(34)17-24/h6-8,11-17H,4-5,9-10H2,1-3H3,(H,35,40)(H,36,39,42)/b26-16+. The van der Waals surface area contributed by atoms with Crippen LogP contribution in [0.2, 0.25) is 5.02 Å². The van der Waals surface area contributed by atoms with Gasteiger partial charge in [-0.3, -0.25) is 19.7 Å². The summed E-state index contributed by atoms with van der Waals surface area (Å²) < 4.78 is 2.02. The number of hydrogen-bond donors (Lipinski definition) is 2. The molecule has 2 aromatic heterocycles. The van der Waals surface area contributed by atoms with Gasteiger partial charge >= 0.3 is 6.03 Å². The largest absolute Gasteiger partial charge is 0.335 e. The van der Waals surface area contributed by atoms with E-state index in [-0.39, 0.29) is 17.2 Å². The highest BCUT2D eigenvalue weighted by atomic mass is 35.5. The van der Waals surface area contributed by atoms with Crippen LogP contribution in [0, 0.1) is 20.8 Å². The molecule has 0 spiro atoms. The fourth-order valence-electron chi connectivity index (χ4n) is 5.68. The first kappa shape index (κ1) is 28.6. The molecule has 1 fully saturated rings. The second-order valence-electron chi connectivity index (χ2n) is 10.8. The van der Waals surface area contributed by atoms with Gasteiger partial charge in [0.1, 0.15) is 10.6 Å². The summed E-state index contributed by atoms with van der Waals surface area (Å²) in [6.07, 6.45) is 5.35. The van der Waals surface area contributed by atoms with Gasteiger partial charge in [0.2, 0.25) is 0 Å². The van der Waals surface area contributed by atoms with Crippen molar-refractivity contribution in [3.05, 3.63) is 104 Å². The minimum atomic E-state index is -0.840. The van der Waals surface area contributed by atoms with Crippen LogP contribution in [0.15, 0.2) is 60.2 Å². The Morgan fingerprint density at radius 1 is 1.00 bits per heavy atom. The third kappa shape index (κ3) is 5.30. The molecule has 1 saturated heterocycles. The number of rotatable bonds is 5. The van der Waals surface area contributed by atoms with Gasteiger partial charge in [-0.05, 0) is 100 Å². The molecule has 2 N–H and O–H groups in total. The van der Waals surface area contributed by atoms with Crippen molar-refractivity contribution in [2.24, 2.45) is 0 Å². The topological polar surface area (TPSA) is 101 Å². The average Bonchev–Trinajstić information content (AvgIpc) is 3.47.